The van der Waals surface area contributed by atoms with Gasteiger partial charge in [0.05, 0.1) is 16.9 Å². The topological polar surface area (TPSA) is 79.5 Å². The van der Waals surface area contributed by atoms with E-state index in [0.717, 1.165) is 5.69 Å². The van der Waals surface area contributed by atoms with E-state index in [-0.39, 0.29) is 12.3 Å². The van der Waals surface area contributed by atoms with Crippen LogP contribution in [0, 0.1) is 10.1 Å². The van der Waals surface area contributed by atoms with Crippen molar-refractivity contribution in [1.29, 1.82) is 0 Å². The predicted molar refractivity (Wildman–Crippen MR) is 77.9 cm³/mol. The standard InChI is InChI=1S/C14H15N3O3/c1-2-7-16(8-9-18)13-3-4-14(17(19)20)11-5-6-15-10-12(11)13/h2-6,10,18H,1,7-9H2. The molecule has 0 aliphatic rings. The van der Waals surface area contributed by atoms with E-state index in [1.54, 1.807) is 24.4 Å². The molecule has 2 rings (SSSR count). The molecule has 1 aromatic carbocycles. The van der Waals surface area contributed by atoms with Crippen molar-refractivity contribution in [3.63, 3.8) is 0 Å². The smallest absolute Gasteiger partial charge is 0.277 e. The first kappa shape index (κ1) is 14.0. The van der Waals surface area contributed by atoms with Crippen molar-refractivity contribution < 1.29 is 10.0 Å². The van der Waals surface area contributed by atoms with Crippen molar-refractivity contribution in [2.24, 2.45) is 0 Å². The molecule has 1 aromatic heterocycles. The fraction of sp³-hybridized carbons (Fsp3) is 0.214. The Morgan fingerprint density at radius 3 is 2.85 bits per heavy atom. The molecule has 0 aliphatic heterocycles. The quantitative estimate of drug-likeness (QED) is 0.495. The minimum atomic E-state index is -0.407. The van der Waals surface area contributed by atoms with Gasteiger partial charge >= 0.3 is 0 Å². The SMILES string of the molecule is C=CCN(CCO)c1ccc([N+](=O)[O-])c2ccncc12. The summed E-state index contributed by atoms with van der Waals surface area (Å²) >= 11 is 0. The zero-order chi connectivity index (χ0) is 14.5. The largest absolute Gasteiger partial charge is 0.395 e. The summed E-state index contributed by atoms with van der Waals surface area (Å²) < 4.78 is 0. The summed E-state index contributed by atoms with van der Waals surface area (Å²) in [5.74, 6) is 0. The van der Waals surface area contributed by atoms with Crippen molar-refractivity contribution in [2.75, 3.05) is 24.6 Å². The molecule has 1 N–H and O–H groups in total. The fourth-order valence-corrected chi connectivity index (χ4v) is 2.18. The van der Waals surface area contributed by atoms with Crippen molar-refractivity contribution in [3.05, 3.63) is 53.4 Å². The summed E-state index contributed by atoms with van der Waals surface area (Å²) in [7, 11) is 0. The molecular formula is C14H15N3O3. The van der Waals surface area contributed by atoms with Crippen LogP contribution in [0.25, 0.3) is 10.8 Å². The highest BCUT2D eigenvalue weighted by molar-refractivity contribution is 5.99. The molecule has 0 spiro atoms. The van der Waals surface area contributed by atoms with E-state index in [1.807, 2.05) is 4.90 Å². The third kappa shape index (κ3) is 2.60. The molecular weight excluding hydrogens is 258 g/mol. The van der Waals surface area contributed by atoms with Crippen LogP contribution >= 0.6 is 0 Å². The van der Waals surface area contributed by atoms with Crippen molar-refractivity contribution in [1.82, 2.24) is 4.98 Å². The van der Waals surface area contributed by atoms with Crippen LogP contribution in [0.5, 0.6) is 0 Å². The number of aliphatic hydroxyl groups is 1. The molecule has 6 heteroatoms. The molecule has 0 aliphatic carbocycles. The van der Waals surface area contributed by atoms with Crippen molar-refractivity contribution >= 4 is 22.1 Å². The molecule has 0 atom stereocenters. The Labute approximate surface area is 116 Å². The van der Waals surface area contributed by atoms with Crippen LogP contribution in [0.2, 0.25) is 0 Å². The van der Waals surface area contributed by atoms with Crippen LogP contribution in [0.4, 0.5) is 11.4 Å². The number of aromatic nitrogens is 1. The zero-order valence-corrected chi connectivity index (χ0v) is 10.9. The number of pyridine rings is 1. The van der Waals surface area contributed by atoms with Gasteiger partial charge in [-0.2, -0.15) is 0 Å². The number of nitro groups is 1. The number of nitrogens with zero attached hydrogens (tertiary/aromatic N) is 3. The van der Waals surface area contributed by atoms with E-state index in [0.29, 0.717) is 23.9 Å². The normalized spacial score (nSPS) is 10.4. The average Bonchev–Trinajstić information content (AvgIpc) is 2.45. The Morgan fingerprint density at radius 1 is 1.40 bits per heavy atom. The average molecular weight is 273 g/mol. The van der Waals surface area contributed by atoms with Crippen LogP contribution in [0.15, 0.2) is 43.2 Å². The van der Waals surface area contributed by atoms with Gasteiger partial charge in [0.2, 0.25) is 0 Å². The van der Waals surface area contributed by atoms with E-state index in [9.17, 15) is 10.1 Å². The molecule has 0 bridgehead atoms. The van der Waals surface area contributed by atoms with E-state index in [4.69, 9.17) is 5.11 Å². The van der Waals surface area contributed by atoms with E-state index in [2.05, 4.69) is 11.6 Å². The van der Waals surface area contributed by atoms with Gasteiger partial charge in [0.25, 0.3) is 5.69 Å². The molecule has 0 fully saturated rings. The number of nitro benzene ring substituents is 1. The highest BCUT2D eigenvalue weighted by Gasteiger charge is 2.16. The monoisotopic (exact) mass is 273 g/mol. The highest BCUT2D eigenvalue weighted by Crippen LogP contribution is 2.32. The second-order valence-corrected chi connectivity index (χ2v) is 4.24. The van der Waals surface area contributed by atoms with Crippen LogP contribution < -0.4 is 4.90 Å². The first-order chi connectivity index (χ1) is 9.69. The summed E-state index contributed by atoms with van der Waals surface area (Å²) in [4.78, 5) is 16.6. The molecule has 0 saturated heterocycles. The van der Waals surface area contributed by atoms with Crippen molar-refractivity contribution in [3.8, 4) is 0 Å². The third-order valence-electron chi connectivity index (χ3n) is 3.03. The number of fused-ring (bicyclic) bond motifs is 1. The van der Waals surface area contributed by atoms with Gasteiger partial charge < -0.3 is 10.0 Å². The maximum absolute atomic E-state index is 11.1. The second-order valence-electron chi connectivity index (χ2n) is 4.24. The molecule has 0 saturated carbocycles. The maximum Gasteiger partial charge on any atom is 0.277 e. The summed E-state index contributed by atoms with van der Waals surface area (Å²) in [5, 5.41) is 21.4. The predicted octanol–water partition coefficient (Wildman–Crippen LogP) is 2.13. The number of hydrogen-bond donors (Lipinski definition) is 1. The lowest BCUT2D eigenvalue weighted by molar-refractivity contribution is -0.383. The van der Waals surface area contributed by atoms with Gasteiger partial charge in [0, 0.05) is 42.6 Å². The molecule has 1 heterocycles. The number of hydrogen-bond acceptors (Lipinski definition) is 5. The number of aliphatic hydroxyl groups excluding tert-OH is 1. The second kappa shape index (κ2) is 6.12. The van der Waals surface area contributed by atoms with Gasteiger partial charge in [-0.3, -0.25) is 15.1 Å². The minimum Gasteiger partial charge on any atom is -0.395 e. The zero-order valence-electron chi connectivity index (χ0n) is 10.9. The Kier molecular flexibility index (Phi) is 4.27. The van der Waals surface area contributed by atoms with E-state index < -0.39 is 4.92 Å². The molecule has 104 valence electrons. The lowest BCUT2D eigenvalue weighted by Crippen LogP contribution is -2.26. The number of non-ortho nitro benzene ring substituents is 1. The molecule has 0 radical (unpaired) electrons. The summed E-state index contributed by atoms with van der Waals surface area (Å²) in [6, 6.07) is 4.79. The first-order valence-corrected chi connectivity index (χ1v) is 6.17. The van der Waals surface area contributed by atoms with Crippen LogP contribution in [-0.2, 0) is 0 Å². The van der Waals surface area contributed by atoms with Crippen LogP contribution in [0.3, 0.4) is 0 Å². The summed E-state index contributed by atoms with van der Waals surface area (Å²) in [5.41, 5.74) is 0.848. The van der Waals surface area contributed by atoms with Crippen LogP contribution in [-0.4, -0.2) is 34.7 Å². The first-order valence-electron chi connectivity index (χ1n) is 6.17. The minimum absolute atomic E-state index is 0.00736. The lowest BCUT2D eigenvalue weighted by Gasteiger charge is -2.23. The molecule has 2 aromatic rings. The Hall–Kier alpha value is -2.47. The number of anilines is 1. The number of rotatable bonds is 6. The molecule has 6 nitrogen and oxygen atoms in total. The van der Waals surface area contributed by atoms with Gasteiger partial charge in [-0.15, -0.1) is 6.58 Å². The van der Waals surface area contributed by atoms with Gasteiger partial charge in [-0.1, -0.05) is 6.08 Å². The van der Waals surface area contributed by atoms with E-state index in [1.165, 1.54) is 12.3 Å². The Balaban J connectivity index is 2.62. The van der Waals surface area contributed by atoms with Crippen LogP contribution in [0.1, 0.15) is 0 Å². The van der Waals surface area contributed by atoms with E-state index >= 15 is 0 Å². The summed E-state index contributed by atoms with van der Waals surface area (Å²) in [6.07, 6.45) is 4.85. The summed E-state index contributed by atoms with van der Waals surface area (Å²) in [6.45, 7) is 4.65. The molecule has 0 unspecified atom stereocenters. The Bertz CT molecular complexity index is 643. The van der Waals surface area contributed by atoms with Gasteiger partial charge in [0.1, 0.15) is 0 Å². The number of benzene rings is 1. The Morgan fingerprint density at radius 2 is 2.20 bits per heavy atom. The lowest BCUT2D eigenvalue weighted by atomic mass is 10.1. The fourth-order valence-electron chi connectivity index (χ4n) is 2.18. The third-order valence-corrected chi connectivity index (χ3v) is 3.03. The maximum atomic E-state index is 11.1. The molecule has 0 amide bonds. The van der Waals surface area contributed by atoms with Gasteiger partial charge in [0.15, 0.2) is 0 Å². The highest BCUT2D eigenvalue weighted by atomic mass is 16.6. The molecule has 20 heavy (non-hydrogen) atoms. The van der Waals surface area contributed by atoms with Crippen molar-refractivity contribution in [2.45, 2.75) is 0 Å². The van der Waals surface area contributed by atoms with Gasteiger partial charge in [-0.25, -0.2) is 0 Å². The van der Waals surface area contributed by atoms with Gasteiger partial charge in [-0.05, 0) is 12.1 Å².